The number of amides is 5. The van der Waals surface area contributed by atoms with Gasteiger partial charge in [-0.1, -0.05) is 12.1 Å². The molecule has 3 saturated heterocycles. The monoisotopic (exact) mass is 439 g/mol. The Kier molecular flexibility index (Phi) is 5.06. The quantitative estimate of drug-likeness (QED) is 0.570. The minimum atomic E-state index is -0.994. The maximum Gasteiger partial charge on any atom is 0.262 e. The van der Waals surface area contributed by atoms with Crippen LogP contribution in [-0.2, 0) is 20.9 Å². The molecule has 0 spiro atoms. The van der Waals surface area contributed by atoms with Gasteiger partial charge >= 0.3 is 0 Å². The average molecular weight is 439 g/mol. The highest BCUT2D eigenvalue weighted by molar-refractivity contribution is 6.24. The molecule has 10 heteroatoms. The summed E-state index contributed by atoms with van der Waals surface area (Å²) in [7, 11) is 1.85. The maximum atomic E-state index is 13.2. The molecule has 168 valence electrons. The van der Waals surface area contributed by atoms with E-state index in [-0.39, 0.29) is 42.0 Å². The largest absolute Gasteiger partial charge is 0.336 e. The van der Waals surface area contributed by atoms with Crippen LogP contribution in [0.25, 0.3) is 0 Å². The number of benzene rings is 1. The zero-order chi connectivity index (χ0) is 22.6. The number of rotatable bonds is 5. The molecule has 0 bridgehead atoms. The van der Waals surface area contributed by atoms with Gasteiger partial charge in [-0.05, 0) is 31.5 Å². The highest BCUT2D eigenvalue weighted by Gasteiger charge is 2.46. The van der Waals surface area contributed by atoms with Gasteiger partial charge in [0.2, 0.25) is 17.7 Å². The van der Waals surface area contributed by atoms with Crippen LogP contribution >= 0.6 is 0 Å². The lowest BCUT2D eigenvalue weighted by atomic mass is 10.0. The summed E-state index contributed by atoms with van der Waals surface area (Å²) >= 11 is 0. The van der Waals surface area contributed by atoms with Crippen LogP contribution in [0.4, 0.5) is 0 Å². The third-order valence-electron chi connectivity index (χ3n) is 6.92. The standard InChI is InChI=1S/C22H25N5O5/c1-25(16-7-8-26(21(16)31)13-9-23-10-13)11-12-3-2-4-14-18(12)22(32)27(20(14)30)15-5-6-17(28)24-19(15)29/h2-4,13,15-16,23H,5-11H2,1H3,(H,24,28,29). The summed E-state index contributed by atoms with van der Waals surface area (Å²) in [6.07, 6.45) is 0.917. The Morgan fingerprint density at radius 3 is 2.53 bits per heavy atom. The number of hydrogen-bond acceptors (Lipinski definition) is 7. The third kappa shape index (κ3) is 3.21. The van der Waals surface area contributed by atoms with Crippen LogP contribution < -0.4 is 10.6 Å². The molecule has 0 aromatic heterocycles. The van der Waals surface area contributed by atoms with Crippen molar-refractivity contribution in [1.82, 2.24) is 25.3 Å². The van der Waals surface area contributed by atoms with Crippen molar-refractivity contribution in [2.24, 2.45) is 0 Å². The van der Waals surface area contributed by atoms with Crippen molar-refractivity contribution in [2.45, 2.75) is 43.9 Å². The molecule has 4 aliphatic heterocycles. The lowest BCUT2D eigenvalue weighted by molar-refractivity contribution is -0.136. The van der Waals surface area contributed by atoms with E-state index >= 15 is 0 Å². The first-order valence-corrected chi connectivity index (χ1v) is 10.9. The second-order valence-corrected chi connectivity index (χ2v) is 8.85. The Bertz CT molecular complexity index is 1040. The second kappa shape index (κ2) is 7.79. The van der Waals surface area contributed by atoms with E-state index in [1.165, 1.54) is 0 Å². The highest BCUT2D eigenvalue weighted by Crippen LogP contribution is 2.31. The molecule has 2 N–H and O–H groups in total. The predicted octanol–water partition coefficient (Wildman–Crippen LogP) is -0.908. The van der Waals surface area contributed by atoms with Crippen LogP contribution in [0.15, 0.2) is 18.2 Å². The number of piperidine rings is 1. The van der Waals surface area contributed by atoms with Gasteiger partial charge in [0.25, 0.3) is 11.8 Å². The Morgan fingerprint density at radius 1 is 1.06 bits per heavy atom. The molecular weight excluding hydrogens is 414 g/mol. The van der Waals surface area contributed by atoms with Gasteiger partial charge in [-0.25, -0.2) is 0 Å². The lowest BCUT2D eigenvalue weighted by Gasteiger charge is -2.36. The molecule has 2 atom stereocenters. The molecule has 1 aromatic carbocycles. The Labute approximate surface area is 184 Å². The zero-order valence-corrected chi connectivity index (χ0v) is 17.8. The number of hydrogen-bond donors (Lipinski definition) is 2. The molecule has 4 heterocycles. The normalized spacial score (nSPS) is 26.1. The summed E-state index contributed by atoms with van der Waals surface area (Å²) in [6, 6.07) is 4.06. The second-order valence-electron chi connectivity index (χ2n) is 8.85. The van der Waals surface area contributed by atoms with Crippen molar-refractivity contribution in [2.75, 3.05) is 26.7 Å². The Balaban J connectivity index is 1.36. The number of nitrogens with one attached hydrogen (secondary N) is 2. The highest BCUT2D eigenvalue weighted by atomic mass is 16.2. The molecule has 0 saturated carbocycles. The molecule has 2 unspecified atom stereocenters. The molecule has 4 aliphatic rings. The van der Waals surface area contributed by atoms with Crippen LogP contribution in [0.3, 0.4) is 0 Å². The van der Waals surface area contributed by atoms with Crippen LogP contribution in [0.5, 0.6) is 0 Å². The summed E-state index contributed by atoms with van der Waals surface area (Å²) in [5.41, 5.74) is 1.18. The predicted molar refractivity (Wildman–Crippen MR) is 111 cm³/mol. The first kappa shape index (κ1) is 20.8. The van der Waals surface area contributed by atoms with Gasteiger partial charge in [-0.15, -0.1) is 0 Å². The van der Waals surface area contributed by atoms with Gasteiger partial charge in [-0.3, -0.25) is 39.1 Å². The summed E-state index contributed by atoms with van der Waals surface area (Å²) in [5.74, 6) is -1.98. The van der Waals surface area contributed by atoms with E-state index in [1.54, 1.807) is 18.2 Å². The van der Waals surface area contributed by atoms with Gasteiger partial charge < -0.3 is 10.2 Å². The lowest BCUT2D eigenvalue weighted by Crippen LogP contribution is -2.58. The van der Waals surface area contributed by atoms with Crippen molar-refractivity contribution in [1.29, 1.82) is 0 Å². The summed E-state index contributed by atoms with van der Waals surface area (Å²) < 4.78 is 0. The number of fused-ring (bicyclic) bond motifs is 1. The van der Waals surface area contributed by atoms with E-state index in [4.69, 9.17) is 0 Å². The molecular formula is C22H25N5O5. The maximum absolute atomic E-state index is 13.2. The van der Waals surface area contributed by atoms with E-state index in [9.17, 15) is 24.0 Å². The molecule has 0 aliphatic carbocycles. The van der Waals surface area contributed by atoms with Crippen LogP contribution in [0, 0.1) is 0 Å². The van der Waals surface area contributed by atoms with Gasteiger partial charge in [0, 0.05) is 32.6 Å². The van der Waals surface area contributed by atoms with Crippen LogP contribution in [-0.4, -0.2) is 89.0 Å². The van der Waals surface area contributed by atoms with Crippen molar-refractivity contribution >= 4 is 29.5 Å². The van der Waals surface area contributed by atoms with Gasteiger partial charge in [-0.2, -0.15) is 0 Å². The van der Waals surface area contributed by atoms with E-state index in [2.05, 4.69) is 10.6 Å². The number of nitrogens with zero attached hydrogens (tertiary/aromatic N) is 3. The number of likely N-dealkylation sites (tertiary alicyclic amines) is 1. The fraction of sp³-hybridized carbons (Fsp3) is 0.500. The minimum absolute atomic E-state index is 0.0796. The molecule has 1 aromatic rings. The van der Waals surface area contributed by atoms with Crippen molar-refractivity contribution in [3.63, 3.8) is 0 Å². The topological polar surface area (TPSA) is 119 Å². The zero-order valence-electron chi connectivity index (χ0n) is 17.8. The first-order chi connectivity index (χ1) is 15.4. The fourth-order valence-electron chi connectivity index (χ4n) is 5.05. The number of carbonyl (C=O) groups is 5. The van der Waals surface area contributed by atoms with Crippen molar-refractivity contribution in [3.05, 3.63) is 34.9 Å². The van der Waals surface area contributed by atoms with E-state index in [0.717, 1.165) is 24.4 Å². The molecule has 0 radical (unpaired) electrons. The third-order valence-corrected chi connectivity index (χ3v) is 6.92. The molecule has 5 amide bonds. The smallest absolute Gasteiger partial charge is 0.262 e. The molecule has 5 rings (SSSR count). The van der Waals surface area contributed by atoms with Crippen molar-refractivity contribution < 1.29 is 24.0 Å². The van der Waals surface area contributed by atoms with Gasteiger partial charge in [0.15, 0.2) is 0 Å². The number of imide groups is 2. The number of likely N-dealkylation sites (N-methyl/N-ethyl adjacent to an activating group) is 1. The molecule has 3 fully saturated rings. The van der Waals surface area contributed by atoms with Crippen LogP contribution in [0.2, 0.25) is 0 Å². The first-order valence-electron chi connectivity index (χ1n) is 10.9. The summed E-state index contributed by atoms with van der Waals surface area (Å²) in [4.78, 5) is 67.7. The fourth-order valence-corrected chi connectivity index (χ4v) is 5.05. The van der Waals surface area contributed by atoms with Gasteiger partial charge in [0.1, 0.15) is 6.04 Å². The summed E-state index contributed by atoms with van der Waals surface area (Å²) in [6.45, 7) is 2.69. The molecule has 10 nitrogen and oxygen atoms in total. The van der Waals surface area contributed by atoms with E-state index in [1.807, 2.05) is 16.8 Å². The SMILES string of the molecule is CN(Cc1cccc2c1C(=O)N(C1CCC(=O)NC1=O)C2=O)C1CCN(C2CNC2)C1=O. The van der Waals surface area contributed by atoms with Crippen molar-refractivity contribution in [3.8, 4) is 0 Å². The van der Waals surface area contributed by atoms with Crippen LogP contribution in [0.1, 0.15) is 45.5 Å². The van der Waals surface area contributed by atoms with Gasteiger partial charge in [0.05, 0.1) is 23.2 Å². The Hall–Kier alpha value is -3.11. The summed E-state index contributed by atoms with van der Waals surface area (Å²) in [5, 5.41) is 5.39. The van der Waals surface area contributed by atoms with E-state index < -0.39 is 29.7 Å². The minimum Gasteiger partial charge on any atom is -0.336 e. The average Bonchev–Trinajstić information content (AvgIpc) is 3.20. The van der Waals surface area contributed by atoms with E-state index in [0.29, 0.717) is 18.7 Å². The molecule has 32 heavy (non-hydrogen) atoms. The number of carbonyl (C=O) groups excluding carboxylic acids is 5. The Morgan fingerprint density at radius 2 is 1.84 bits per heavy atom.